The molecule has 114 valence electrons. The fourth-order valence-corrected chi connectivity index (χ4v) is 3.47. The summed E-state index contributed by atoms with van der Waals surface area (Å²) in [5, 5.41) is 7.60. The molecular formula is C17H24BrN3. The maximum atomic E-state index is 7.60. The maximum Gasteiger partial charge on any atom is 0.136 e. The lowest BCUT2D eigenvalue weighted by atomic mass is 9.80. The lowest BCUT2D eigenvalue weighted by Crippen LogP contribution is -2.23. The molecule has 1 aromatic carbocycles. The smallest absolute Gasteiger partial charge is 0.136 e. The summed E-state index contributed by atoms with van der Waals surface area (Å²) in [6, 6.07) is 6.49. The van der Waals surface area contributed by atoms with Crippen LogP contribution in [-0.4, -0.2) is 11.5 Å². The number of amidine groups is 1. The molecule has 1 aliphatic rings. The number of rotatable bonds is 4. The van der Waals surface area contributed by atoms with E-state index in [0.29, 0.717) is 11.6 Å². The van der Waals surface area contributed by atoms with Crippen molar-refractivity contribution in [2.45, 2.75) is 52.0 Å². The molecule has 1 atom stereocenters. The zero-order valence-corrected chi connectivity index (χ0v) is 14.4. The largest absolute Gasteiger partial charge is 0.383 e. The first-order valence-electron chi connectivity index (χ1n) is 7.64. The molecule has 1 aromatic rings. The lowest BCUT2D eigenvalue weighted by molar-refractivity contribution is 0.309. The molecule has 0 bridgehead atoms. The van der Waals surface area contributed by atoms with Crippen LogP contribution in [0.3, 0.4) is 0 Å². The van der Waals surface area contributed by atoms with Crippen molar-refractivity contribution in [3.8, 4) is 0 Å². The van der Waals surface area contributed by atoms with Crippen molar-refractivity contribution in [1.82, 2.24) is 0 Å². The van der Waals surface area contributed by atoms with Crippen LogP contribution in [0.1, 0.15) is 56.2 Å². The summed E-state index contributed by atoms with van der Waals surface area (Å²) in [7, 11) is 0. The van der Waals surface area contributed by atoms with Gasteiger partial charge in [0.05, 0.1) is 11.8 Å². The van der Waals surface area contributed by atoms with E-state index in [1.54, 1.807) is 0 Å². The Labute approximate surface area is 135 Å². The van der Waals surface area contributed by atoms with Gasteiger partial charge in [-0.25, -0.2) is 0 Å². The van der Waals surface area contributed by atoms with Gasteiger partial charge in [0.25, 0.3) is 0 Å². The van der Waals surface area contributed by atoms with Crippen LogP contribution >= 0.6 is 15.9 Å². The van der Waals surface area contributed by atoms with Crippen LogP contribution in [0.2, 0.25) is 0 Å². The predicted octanol–water partition coefficient (Wildman–Crippen LogP) is 4.78. The molecule has 0 heterocycles. The molecule has 4 heteroatoms. The van der Waals surface area contributed by atoms with E-state index in [1.165, 1.54) is 43.2 Å². The van der Waals surface area contributed by atoms with E-state index < -0.39 is 0 Å². The highest BCUT2D eigenvalue weighted by Gasteiger charge is 2.26. The molecular weight excluding hydrogens is 326 g/mol. The van der Waals surface area contributed by atoms with Gasteiger partial charge in [-0.15, -0.1) is 0 Å². The number of hydrogen-bond donors (Lipinski definition) is 2. The summed E-state index contributed by atoms with van der Waals surface area (Å²) in [5.74, 6) is 0.629. The van der Waals surface area contributed by atoms with Crippen molar-refractivity contribution < 1.29 is 0 Å². The van der Waals surface area contributed by atoms with Gasteiger partial charge < -0.3 is 5.73 Å². The van der Waals surface area contributed by atoms with E-state index in [2.05, 4.69) is 41.1 Å². The molecule has 3 nitrogen and oxygen atoms in total. The first-order valence-corrected chi connectivity index (χ1v) is 8.43. The van der Waals surface area contributed by atoms with Crippen molar-refractivity contribution in [2.75, 3.05) is 0 Å². The summed E-state index contributed by atoms with van der Waals surface area (Å²) in [6.45, 7) is 3.97. The Morgan fingerprint density at radius 1 is 1.33 bits per heavy atom. The summed E-state index contributed by atoms with van der Waals surface area (Å²) < 4.78 is 1.08. The molecule has 1 unspecified atom stereocenters. The van der Waals surface area contributed by atoms with Crippen LogP contribution in [0.5, 0.6) is 0 Å². The van der Waals surface area contributed by atoms with Crippen LogP contribution in [0.4, 0.5) is 0 Å². The van der Waals surface area contributed by atoms with Gasteiger partial charge in [-0.2, -0.15) is 0 Å². The first kappa shape index (κ1) is 16.2. The second kappa shape index (κ2) is 7.21. The monoisotopic (exact) mass is 349 g/mol. The quantitative estimate of drug-likeness (QED) is 0.596. The fourth-order valence-electron chi connectivity index (χ4n) is 3.09. The fraction of sp³-hybridized carbons (Fsp3) is 0.529. The van der Waals surface area contributed by atoms with Crippen LogP contribution < -0.4 is 5.73 Å². The Balaban J connectivity index is 2.41. The second-order valence-corrected chi connectivity index (χ2v) is 6.89. The Morgan fingerprint density at radius 2 is 2.00 bits per heavy atom. The molecule has 1 fully saturated rings. The topological polar surface area (TPSA) is 62.2 Å². The number of halogens is 1. The summed E-state index contributed by atoms with van der Waals surface area (Å²) >= 11 is 3.57. The second-order valence-electron chi connectivity index (χ2n) is 5.97. The van der Waals surface area contributed by atoms with Gasteiger partial charge in [-0.3, -0.25) is 10.4 Å². The normalized spacial score (nSPS) is 18.5. The average molecular weight is 350 g/mol. The SMILES string of the molecule is CC(=NC(c1cc(Br)ccc1C)C1CCCCC1)C(=N)N. The minimum atomic E-state index is 0.0726. The Kier molecular flexibility index (Phi) is 5.57. The van der Waals surface area contributed by atoms with E-state index >= 15 is 0 Å². The number of benzene rings is 1. The molecule has 0 spiro atoms. The standard InChI is InChI=1S/C17H24BrN3/c1-11-8-9-14(18)10-15(11)16(21-12(2)17(19)20)13-6-4-3-5-7-13/h8-10,13,16H,3-7H2,1-2H3,(H3,19,20). The molecule has 0 aromatic heterocycles. The molecule has 2 rings (SSSR count). The first-order chi connectivity index (χ1) is 9.99. The highest BCUT2D eigenvalue weighted by Crippen LogP contribution is 2.39. The third-order valence-electron chi connectivity index (χ3n) is 4.38. The minimum Gasteiger partial charge on any atom is -0.383 e. The molecule has 3 N–H and O–H groups in total. The van der Waals surface area contributed by atoms with Crippen LogP contribution in [0, 0.1) is 18.3 Å². The maximum absolute atomic E-state index is 7.60. The molecule has 0 aliphatic heterocycles. The van der Waals surface area contributed by atoms with Crippen molar-refractivity contribution >= 4 is 27.5 Å². The number of nitrogens with zero attached hydrogens (tertiary/aromatic N) is 1. The van der Waals surface area contributed by atoms with Crippen molar-refractivity contribution in [2.24, 2.45) is 16.6 Å². The third-order valence-corrected chi connectivity index (χ3v) is 4.87. The van der Waals surface area contributed by atoms with Crippen LogP contribution in [0.15, 0.2) is 27.7 Å². The molecule has 21 heavy (non-hydrogen) atoms. The van der Waals surface area contributed by atoms with Gasteiger partial charge in [0.1, 0.15) is 5.84 Å². The number of aliphatic imine (C=N–C) groups is 1. The Bertz CT molecular complexity index is 545. The lowest BCUT2D eigenvalue weighted by Gasteiger charge is -2.29. The predicted molar refractivity (Wildman–Crippen MR) is 93.2 cm³/mol. The molecule has 1 aliphatic carbocycles. The average Bonchev–Trinajstić information content (AvgIpc) is 2.48. The van der Waals surface area contributed by atoms with Gasteiger partial charge in [-0.05, 0) is 55.9 Å². The third kappa shape index (κ3) is 4.16. The van der Waals surface area contributed by atoms with Gasteiger partial charge in [-0.1, -0.05) is 41.3 Å². The molecule has 0 radical (unpaired) electrons. The van der Waals surface area contributed by atoms with Crippen molar-refractivity contribution in [3.05, 3.63) is 33.8 Å². The number of hydrogen-bond acceptors (Lipinski definition) is 2. The van der Waals surface area contributed by atoms with Crippen molar-refractivity contribution in [3.63, 3.8) is 0 Å². The Hall–Kier alpha value is -1.16. The molecule has 0 saturated heterocycles. The van der Waals surface area contributed by atoms with E-state index in [-0.39, 0.29) is 11.9 Å². The van der Waals surface area contributed by atoms with Crippen molar-refractivity contribution in [1.29, 1.82) is 5.41 Å². The highest BCUT2D eigenvalue weighted by atomic mass is 79.9. The van der Waals surface area contributed by atoms with E-state index in [4.69, 9.17) is 16.1 Å². The van der Waals surface area contributed by atoms with Crippen LogP contribution in [-0.2, 0) is 0 Å². The summed E-state index contributed by atoms with van der Waals surface area (Å²) in [4.78, 5) is 4.82. The molecule has 0 amide bonds. The Morgan fingerprint density at radius 3 is 2.62 bits per heavy atom. The minimum absolute atomic E-state index is 0.0726. The van der Waals surface area contributed by atoms with E-state index in [0.717, 1.165) is 4.47 Å². The highest BCUT2D eigenvalue weighted by molar-refractivity contribution is 9.10. The van der Waals surface area contributed by atoms with Gasteiger partial charge >= 0.3 is 0 Å². The molecule has 1 saturated carbocycles. The van der Waals surface area contributed by atoms with E-state index in [1.807, 2.05) is 6.92 Å². The summed E-state index contributed by atoms with van der Waals surface area (Å²) in [6.07, 6.45) is 6.32. The number of nitrogens with one attached hydrogen (secondary N) is 1. The van der Waals surface area contributed by atoms with E-state index in [9.17, 15) is 0 Å². The summed E-state index contributed by atoms with van der Waals surface area (Å²) in [5.41, 5.74) is 8.77. The zero-order chi connectivity index (χ0) is 15.4. The van der Waals surface area contributed by atoms with Gasteiger partial charge in [0.15, 0.2) is 0 Å². The van der Waals surface area contributed by atoms with Crippen LogP contribution in [0.25, 0.3) is 0 Å². The zero-order valence-electron chi connectivity index (χ0n) is 12.8. The number of nitrogens with two attached hydrogens (primary N) is 1. The van der Waals surface area contributed by atoms with Gasteiger partial charge in [0, 0.05) is 4.47 Å². The van der Waals surface area contributed by atoms with Gasteiger partial charge in [0.2, 0.25) is 0 Å². The number of aryl methyl sites for hydroxylation is 1.